The molecular weight excluding hydrogens is 281 g/mol. The first kappa shape index (κ1) is 11.7. The number of aromatic nitrogens is 5. The van der Waals surface area contributed by atoms with E-state index < -0.39 is 5.95 Å². The van der Waals surface area contributed by atoms with E-state index in [1.165, 1.54) is 6.33 Å². The van der Waals surface area contributed by atoms with E-state index in [-0.39, 0.29) is 11.1 Å². The minimum absolute atomic E-state index is 0.255. The molecule has 0 radical (unpaired) electrons. The molecule has 5 nitrogen and oxygen atoms in total. The second-order valence-corrected chi connectivity index (χ2v) is 5.25. The van der Waals surface area contributed by atoms with Gasteiger partial charge in [-0.25, -0.2) is 15.0 Å². The Morgan fingerprint density at radius 3 is 2.80 bits per heavy atom. The number of nitrogens with zero attached hydrogens (tertiary/aromatic N) is 5. The Balaban J connectivity index is 1.77. The van der Waals surface area contributed by atoms with Crippen molar-refractivity contribution in [1.82, 2.24) is 24.6 Å². The standard InChI is InChI=1S/C13H9ClFN5/c14-11-2-10(13-18-5-12(15)20(13)19-11)9-1-8(9)7-3-16-6-17-4-7/h2-6,8-9H,1H2. The average Bonchev–Trinajstić information content (AvgIpc) is 3.18. The van der Waals surface area contributed by atoms with Crippen LogP contribution in [0.1, 0.15) is 29.4 Å². The van der Waals surface area contributed by atoms with Gasteiger partial charge in [-0.15, -0.1) is 0 Å². The van der Waals surface area contributed by atoms with Crippen LogP contribution < -0.4 is 0 Å². The molecule has 1 aliphatic rings. The molecule has 20 heavy (non-hydrogen) atoms. The van der Waals surface area contributed by atoms with Gasteiger partial charge in [-0.1, -0.05) is 11.6 Å². The third-order valence-corrected chi connectivity index (χ3v) is 3.81. The Hall–Kier alpha value is -2.08. The Morgan fingerprint density at radius 1 is 1.20 bits per heavy atom. The molecule has 3 aromatic rings. The summed E-state index contributed by atoms with van der Waals surface area (Å²) >= 11 is 5.97. The molecule has 0 amide bonds. The van der Waals surface area contributed by atoms with Crippen LogP contribution in [0, 0.1) is 5.95 Å². The summed E-state index contributed by atoms with van der Waals surface area (Å²) in [6, 6.07) is 1.76. The van der Waals surface area contributed by atoms with Crippen molar-refractivity contribution in [3.63, 3.8) is 0 Å². The van der Waals surface area contributed by atoms with Gasteiger partial charge in [0.05, 0.1) is 6.20 Å². The molecular formula is C13H9ClFN5. The summed E-state index contributed by atoms with van der Waals surface area (Å²) in [5, 5.41) is 4.19. The maximum Gasteiger partial charge on any atom is 0.234 e. The van der Waals surface area contributed by atoms with Crippen LogP contribution in [0.4, 0.5) is 4.39 Å². The van der Waals surface area contributed by atoms with Crippen molar-refractivity contribution in [3.05, 3.63) is 53.2 Å². The lowest BCUT2D eigenvalue weighted by Gasteiger charge is -2.04. The Morgan fingerprint density at radius 2 is 2.00 bits per heavy atom. The molecule has 7 heteroatoms. The van der Waals surface area contributed by atoms with Gasteiger partial charge in [0.15, 0.2) is 10.8 Å². The summed E-state index contributed by atoms with van der Waals surface area (Å²) in [6.45, 7) is 0. The summed E-state index contributed by atoms with van der Waals surface area (Å²) in [6.07, 6.45) is 7.24. The second kappa shape index (κ2) is 4.21. The van der Waals surface area contributed by atoms with Crippen LogP contribution in [-0.4, -0.2) is 24.6 Å². The highest BCUT2D eigenvalue weighted by molar-refractivity contribution is 6.29. The molecule has 2 unspecified atom stereocenters. The Bertz CT molecular complexity index is 788. The van der Waals surface area contributed by atoms with Gasteiger partial charge in [0, 0.05) is 18.0 Å². The topological polar surface area (TPSA) is 56.0 Å². The highest BCUT2D eigenvalue weighted by Crippen LogP contribution is 2.55. The highest BCUT2D eigenvalue weighted by Gasteiger charge is 2.41. The highest BCUT2D eigenvalue weighted by atomic mass is 35.5. The largest absolute Gasteiger partial charge is 0.245 e. The number of rotatable bonds is 2. The van der Waals surface area contributed by atoms with Gasteiger partial charge in [-0.05, 0) is 29.9 Å². The predicted molar refractivity (Wildman–Crippen MR) is 70.1 cm³/mol. The number of hydrogen-bond acceptors (Lipinski definition) is 4. The van der Waals surface area contributed by atoms with Crippen molar-refractivity contribution in [2.24, 2.45) is 0 Å². The van der Waals surface area contributed by atoms with E-state index in [0.29, 0.717) is 11.6 Å². The molecule has 1 aliphatic carbocycles. The molecule has 4 rings (SSSR count). The summed E-state index contributed by atoms with van der Waals surface area (Å²) in [7, 11) is 0. The molecule has 0 N–H and O–H groups in total. The smallest absolute Gasteiger partial charge is 0.234 e. The third kappa shape index (κ3) is 1.76. The molecule has 0 spiro atoms. The van der Waals surface area contributed by atoms with Crippen LogP contribution in [0.3, 0.4) is 0 Å². The minimum Gasteiger partial charge on any atom is -0.245 e. The van der Waals surface area contributed by atoms with Gasteiger partial charge in [0.1, 0.15) is 6.33 Å². The zero-order valence-electron chi connectivity index (χ0n) is 10.2. The van der Waals surface area contributed by atoms with Crippen LogP contribution >= 0.6 is 11.6 Å². The van der Waals surface area contributed by atoms with E-state index in [1.54, 1.807) is 6.07 Å². The molecule has 0 aliphatic heterocycles. The Kier molecular flexibility index (Phi) is 2.47. The average molecular weight is 290 g/mol. The molecule has 1 saturated carbocycles. The summed E-state index contributed by atoms with van der Waals surface area (Å²) in [5.74, 6) is 0.0769. The number of fused-ring (bicyclic) bond motifs is 1. The van der Waals surface area contributed by atoms with E-state index in [2.05, 4.69) is 20.1 Å². The maximum absolute atomic E-state index is 13.6. The fraction of sp³-hybridized carbons (Fsp3) is 0.231. The van der Waals surface area contributed by atoms with Gasteiger partial charge in [0.2, 0.25) is 5.95 Å². The van der Waals surface area contributed by atoms with Gasteiger partial charge < -0.3 is 0 Å². The van der Waals surface area contributed by atoms with Crippen molar-refractivity contribution in [2.45, 2.75) is 18.3 Å². The summed E-state index contributed by atoms with van der Waals surface area (Å²) in [5.41, 5.74) is 2.52. The fourth-order valence-electron chi connectivity index (χ4n) is 2.62. The Labute approximate surface area is 118 Å². The van der Waals surface area contributed by atoms with Gasteiger partial charge in [-0.2, -0.15) is 14.0 Å². The van der Waals surface area contributed by atoms with E-state index >= 15 is 0 Å². The first-order chi connectivity index (χ1) is 9.74. The number of imidazole rings is 1. The fourth-order valence-corrected chi connectivity index (χ4v) is 2.81. The molecule has 2 atom stereocenters. The third-order valence-electron chi connectivity index (χ3n) is 3.62. The molecule has 0 saturated heterocycles. The zero-order chi connectivity index (χ0) is 13.7. The van der Waals surface area contributed by atoms with E-state index in [9.17, 15) is 4.39 Å². The lowest BCUT2D eigenvalue weighted by atomic mass is 10.1. The van der Waals surface area contributed by atoms with Crippen LogP contribution in [0.5, 0.6) is 0 Å². The lowest BCUT2D eigenvalue weighted by molar-refractivity contribution is 0.548. The van der Waals surface area contributed by atoms with Crippen molar-refractivity contribution < 1.29 is 4.39 Å². The monoisotopic (exact) mass is 289 g/mol. The maximum atomic E-state index is 13.6. The zero-order valence-corrected chi connectivity index (χ0v) is 11.0. The first-order valence-electron chi connectivity index (χ1n) is 6.18. The molecule has 100 valence electrons. The molecule has 0 bridgehead atoms. The quantitative estimate of drug-likeness (QED) is 0.727. The lowest BCUT2D eigenvalue weighted by Crippen LogP contribution is -1.99. The minimum atomic E-state index is -0.510. The molecule has 1 fully saturated rings. The van der Waals surface area contributed by atoms with Crippen LogP contribution in [0.25, 0.3) is 5.65 Å². The van der Waals surface area contributed by atoms with E-state index in [1.807, 2.05) is 12.4 Å². The SMILES string of the molecule is Fc1cnc2c(C3CC3c3cncnc3)cc(Cl)nn12. The second-order valence-electron chi connectivity index (χ2n) is 4.86. The van der Waals surface area contributed by atoms with Crippen molar-refractivity contribution in [2.75, 3.05) is 0 Å². The van der Waals surface area contributed by atoms with Gasteiger partial charge in [0.25, 0.3) is 0 Å². The molecule has 0 aromatic carbocycles. The van der Waals surface area contributed by atoms with Crippen molar-refractivity contribution >= 4 is 17.2 Å². The van der Waals surface area contributed by atoms with Crippen LogP contribution in [-0.2, 0) is 0 Å². The first-order valence-corrected chi connectivity index (χ1v) is 6.56. The van der Waals surface area contributed by atoms with E-state index in [0.717, 1.165) is 28.3 Å². The van der Waals surface area contributed by atoms with Gasteiger partial charge >= 0.3 is 0 Å². The number of halogens is 2. The van der Waals surface area contributed by atoms with Crippen LogP contribution in [0.2, 0.25) is 5.15 Å². The summed E-state index contributed by atoms with van der Waals surface area (Å²) in [4.78, 5) is 12.1. The normalized spacial score (nSPS) is 21.3. The predicted octanol–water partition coefficient (Wildman–Crippen LogP) is 2.58. The van der Waals surface area contributed by atoms with E-state index in [4.69, 9.17) is 11.6 Å². The molecule has 3 heterocycles. The van der Waals surface area contributed by atoms with Crippen LogP contribution in [0.15, 0.2) is 31.0 Å². The number of hydrogen-bond donors (Lipinski definition) is 0. The van der Waals surface area contributed by atoms with Crippen molar-refractivity contribution in [1.29, 1.82) is 0 Å². The van der Waals surface area contributed by atoms with Gasteiger partial charge in [-0.3, -0.25) is 0 Å². The molecule has 3 aromatic heterocycles. The summed E-state index contributed by atoms with van der Waals surface area (Å²) < 4.78 is 14.7. The van der Waals surface area contributed by atoms with Crippen molar-refractivity contribution in [3.8, 4) is 0 Å².